The third kappa shape index (κ3) is 4.96. The number of hydrogen-bond acceptors (Lipinski definition) is 6. The van der Waals surface area contributed by atoms with Crippen LogP contribution in [0.3, 0.4) is 0 Å². The Morgan fingerprint density at radius 3 is 2.71 bits per heavy atom. The van der Waals surface area contributed by atoms with Crippen molar-refractivity contribution >= 4 is 35.0 Å². The van der Waals surface area contributed by atoms with E-state index in [0.717, 1.165) is 17.1 Å². The summed E-state index contributed by atoms with van der Waals surface area (Å²) >= 11 is 7.15. The van der Waals surface area contributed by atoms with Crippen molar-refractivity contribution in [2.45, 2.75) is 11.6 Å². The highest BCUT2D eigenvalue weighted by Gasteiger charge is 2.13. The van der Waals surface area contributed by atoms with Crippen molar-refractivity contribution in [2.24, 2.45) is 7.05 Å². The Kier molecular flexibility index (Phi) is 6.43. The van der Waals surface area contributed by atoms with Gasteiger partial charge in [-0.15, -0.1) is 10.2 Å². The molecule has 0 radical (unpaired) electrons. The second-order valence-corrected chi connectivity index (χ2v) is 7.36. The molecule has 1 amide bonds. The van der Waals surface area contributed by atoms with Gasteiger partial charge in [0.05, 0.1) is 18.6 Å². The molecule has 0 saturated carbocycles. The number of halogens is 1. The number of benzene rings is 2. The fourth-order valence-electron chi connectivity index (χ4n) is 2.48. The van der Waals surface area contributed by atoms with Crippen LogP contribution in [0.25, 0.3) is 0 Å². The van der Waals surface area contributed by atoms with Gasteiger partial charge in [-0.3, -0.25) is 4.79 Å². The maximum atomic E-state index is 12.2. The monoisotopic (exact) mass is 418 g/mol. The standard InChI is InChI=1S/C19H19ClN4O3S/c1-24-17(9-12-3-6-14(27-2)7-4-12)22-23-19(24)28-11-18(26)21-15-10-13(20)5-8-16(15)25/h3-8,10,25H,9,11H2,1-2H3,(H,21,26). The minimum Gasteiger partial charge on any atom is -0.506 e. The Morgan fingerprint density at radius 2 is 2.00 bits per heavy atom. The van der Waals surface area contributed by atoms with Crippen LogP contribution in [0.2, 0.25) is 5.02 Å². The summed E-state index contributed by atoms with van der Waals surface area (Å²) in [4.78, 5) is 12.2. The molecule has 0 atom stereocenters. The van der Waals surface area contributed by atoms with E-state index in [9.17, 15) is 9.90 Å². The zero-order valence-corrected chi connectivity index (χ0v) is 16.9. The van der Waals surface area contributed by atoms with E-state index in [4.69, 9.17) is 16.3 Å². The number of nitrogens with one attached hydrogen (secondary N) is 1. The molecule has 1 aromatic heterocycles. The average molecular weight is 419 g/mol. The van der Waals surface area contributed by atoms with Crippen molar-refractivity contribution in [3.8, 4) is 11.5 Å². The molecular weight excluding hydrogens is 400 g/mol. The molecule has 7 nitrogen and oxygen atoms in total. The maximum Gasteiger partial charge on any atom is 0.234 e. The van der Waals surface area contributed by atoms with Crippen molar-refractivity contribution in [1.29, 1.82) is 0 Å². The van der Waals surface area contributed by atoms with E-state index in [2.05, 4.69) is 15.5 Å². The summed E-state index contributed by atoms with van der Waals surface area (Å²) < 4.78 is 7.02. The molecule has 28 heavy (non-hydrogen) atoms. The van der Waals surface area contributed by atoms with Crippen LogP contribution in [0.15, 0.2) is 47.6 Å². The lowest BCUT2D eigenvalue weighted by Crippen LogP contribution is -2.14. The largest absolute Gasteiger partial charge is 0.506 e. The summed E-state index contributed by atoms with van der Waals surface area (Å²) in [5.41, 5.74) is 1.36. The number of aromatic nitrogens is 3. The predicted octanol–water partition coefficient (Wildman–Crippen LogP) is 3.50. The van der Waals surface area contributed by atoms with Crippen molar-refractivity contribution < 1.29 is 14.6 Å². The fraction of sp³-hybridized carbons (Fsp3) is 0.211. The number of anilines is 1. The first-order chi connectivity index (χ1) is 13.5. The number of ether oxygens (including phenoxy) is 1. The van der Waals surface area contributed by atoms with Gasteiger partial charge in [-0.2, -0.15) is 0 Å². The van der Waals surface area contributed by atoms with E-state index in [0.29, 0.717) is 16.6 Å². The molecular formula is C19H19ClN4O3S. The summed E-state index contributed by atoms with van der Waals surface area (Å²) in [7, 11) is 3.49. The Balaban J connectivity index is 1.59. The smallest absolute Gasteiger partial charge is 0.234 e. The van der Waals surface area contributed by atoms with E-state index < -0.39 is 0 Å². The zero-order valence-electron chi connectivity index (χ0n) is 15.3. The summed E-state index contributed by atoms with van der Waals surface area (Å²) in [5.74, 6) is 1.40. The highest BCUT2D eigenvalue weighted by molar-refractivity contribution is 7.99. The van der Waals surface area contributed by atoms with Crippen LogP contribution in [0, 0.1) is 0 Å². The van der Waals surface area contributed by atoms with Gasteiger partial charge in [-0.1, -0.05) is 35.5 Å². The number of carbonyl (C=O) groups excluding carboxylic acids is 1. The van der Waals surface area contributed by atoms with Gasteiger partial charge in [0.2, 0.25) is 5.91 Å². The SMILES string of the molecule is COc1ccc(Cc2nnc(SCC(=O)Nc3cc(Cl)ccc3O)n2C)cc1. The molecule has 0 aliphatic carbocycles. The van der Waals surface area contributed by atoms with Crippen LogP contribution in [-0.4, -0.2) is 38.6 Å². The molecule has 0 aliphatic rings. The van der Waals surface area contributed by atoms with Gasteiger partial charge >= 0.3 is 0 Å². The molecule has 3 rings (SSSR count). The average Bonchev–Trinajstić information content (AvgIpc) is 3.03. The van der Waals surface area contributed by atoms with E-state index in [1.807, 2.05) is 35.9 Å². The number of thioether (sulfide) groups is 1. The minimum absolute atomic E-state index is 0.0387. The Labute approximate surface area is 171 Å². The van der Waals surface area contributed by atoms with Crippen LogP contribution in [0.5, 0.6) is 11.5 Å². The quantitative estimate of drug-likeness (QED) is 0.451. The van der Waals surface area contributed by atoms with Crippen molar-refractivity contribution in [2.75, 3.05) is 18.2 Å². The number of phenolic OH excluding ortho intramolecular Hbond substituents is 1. The molecule has 3 aromatic rings. The van der Waals surface area contributed by atoms with Gasteiger partial charge in [-0.25, -0.2) is 0 Å². The molecule has 0 aliphatic heterocycles. The Bertz CT molecular complexity index is 976. The van der Waals surface area contributed by atoms with Gasteiger partial charge < -0.3 is 19.7 Å². The van der Waals surface area contributed by atoms with E-state index >= 15 is 0 Å². The second-order valence-electron chi connectivity index (χ2n) is 5.98. The number of amides is 1. The van der Waals surface area contributed by atoms with Gasteiger partial charge in [0.1, 0.15) is 17.3 Å². The highest BCUT2D eigenvalue weighted by Crippen LogP contribution is 2.27. The lowest BCUT2D eigenvalue weighted by atomic mass is 10.1. The van der Waals surface area contributed by atoms with Crippen LogP contribution in [0.4, 0.5) is 5.69 Å². The predicted molar refractivity (Wildman–Crippen MR) is 109 cm³/mol. The molecule has 0 unspecified atom stereocenters. The molecule has 0 saturated heterocycles. The van der Waals surface area contributed by atoms with Crippen LogP contribution < -0.4 is 10.1 Å². The number of hydrogen-bond donors (Lipinski definition) is 2. The van der Waals surface area contributed by atoms with Gasteiger partial charge in [0, 0.05) is 18.5 Å². The molecule has 146 valence electrons. The number of carbonyl (C=O) groups is 1. The number of methoxy groups -OCH3 is 1. The Hall–Kier alpha value is -2.71. The van der Waals surface area contributed by atoms with Crippen molar-refractivity contribution in [3.05, 3.63) is 58.9 Å². The third-order valence-electron chi connectivity index (χ3n) is 4.01. The first-order valence-corrected chi connectivity index (χ1v) is 9.75. The first kappa shape index (κ1) is 20.0. The van der Waals surface area contributed by atoms with Crippen LogP contribution >= 0.6 is 23.4 Å². The van der Waals surface area contributed by atoms with E-state index in [1.165, 1.54) is 23.9 Å². The van der Waals surface area contributed by atoms with E-state index in [-0.39, 0.29) is 23.1 Å². The molecule has 0 spiro atoms. The van der Waals surface area contributed by atoms with Gasteiger partial charge in [0.15, 0.2) is 5.16 Å². The fourth-order valence-corrected chi connectivity index (χ4v) is 3.38. The molecule has 1 heterocycles. The summed E-state index contributed by atoms with van der Waals surface area (Å²) in [6.45, 7) is 0. The van der Waals surface area contributed by atoms with Crippen LogP contribution in [-0.2, 0) is 18.3 Å². The molecule has 2 N–H and O–H groups in total. The summed E-state index contributed by atoms with van der Waals surface area (Å²) in [5, 5.41) is 21.8. The summed E-state index contributed by atoms with van der Waals surface area (Å²) in [6, 6.07) is 12.2. The first-order valence-electron chi connectivity index (χ1n) is 8.38. The third-order valence-corrected chi connectivity index (χ3v) is 5.27. The topological polar surface area (TPSA) is 89.3 Å². The second kappa shape index (κ2) is 8.99. The molecule has 9 heteroatoms. The van der Waals surface area contributed by atoms with Gasteiger partial charge in [-0.05, 0) is 35.9 Å². The zero-order chi connectivity index (χ0) is 20.1. The Morgan fingerprint density at radius 1 is 1.25 bits per heavy atom. The number of rotatable bonds is 7. The minimum atomic E-state index is -0.276. The number of aromatic hydroxyl groups is 1. The molecule has 2 aromatic carbocycles. The molecule has 0 bridgehead atoms. The normalized spacial score (nSPS) is 10.7. The number of nitrogens with zero attached hydrogens (tertiary/aromatic N) is 3. The molecule has 0 fully saturated rings. The van der Waals surface area contributed by atoms with Crippen molar-refractivity contribution in [3.63, 3.8) is 0 Å². The van der Waals surface area contributed by atoms with E-state index in [1.54, 1.807) is 13.2 Å². The maximum absolute atomic E-state index is 12.2. The van der Waals surface area contributed by atoms with Crippen molar-refractivity contribution in [1.82, 2.24) is 14.8 Å². The summed E-state index contributed by atoms with van der Waals surface area (Å²) in [6.07, 6.45) is 0.622. The lowest BCUT2D eigenvalue weighted by Gasteiger charge is -2.08. The lowest BCUT2D eigenvalue weighted by molar-refractivity contribution is -0.113. The highest BCUT2D eigenvalue weighted by atomic mass is 35.5. The van der Waals surface area contributed by atoms with Gasteiger partial charge in [0.25, 0.3) is 0 Å². The van der Waals surface area contributed by atoms with Crippen LogP contribution in [0.1, 0.15) is 11.4 Å². The number of phenols is 1.